The Morgan fingerprint density at radius 1 is 0.589 bits per heavy atom. The van der Waals surface area contributed by atoms with Gasteiger partial charge in [-0.15, -0.1) is 0 Å². The summed E-state index contributed by atoms with van der Waals surface area (Å²) < 4.78 is 76.8. The van der Waals surface area contributed by atoms with Gasteiger partial charge in [0.15, 0.2) is 12.4 Å². The minimum Gasteiger partial charge on any atom is -0.459 e. The second kappa shape index (κ2) is 38.2. The molecule has 6 heterocycles. The molecule has 6 aliphatic heterocycles. The molecule has 0 radical (unpaired) electrons. The van der Waals surface area contributed by atoms with Crippen LogP contribution in [0, 0.1) is 41.4 Å². The molecule has 606 valence electrons. The van der Waals surface area contributed by atoms with Crippen LogP contribution >= 0.6 is 0 Å². The minimum absolute atomic E-state index is 0.00422. The van der Waals surface area contributed by atoms with Crippen molar-refractivity contribution in [2.45, 2.75) is 302 Å². The Morgan fingerprint density at radius 2 is 0.981 bits per heavy atom. The first-order valence-electron chi connectivity index (χ1n) is 38.0. The molecule has 6 fully saturated rings. The molecule has 0 saturated carbocycles. The standard InChI is InChI=1S/C43H66N2O11Se.C37H62N2O11/c1-14-33-42(10,50)38-27(5)34(44-29(7)46)25(3)21-41(9,52-23-24(2)22-51-38)37(56-39-35(54-30(8)47)32(45(12)13)20-26(4)53-39)28(6)36(48)43(11,40(49)55-33)57-31-18-16-15-17-19-31;1-14-28-37(11,44)33-22(5)29(38-25(8)40)20(3)16-36(10,46-18-19(2)17-45-33)32(23(6)30(42)24(7)34(43)49-28)50-35-31(48-26(9)41)27(39(12)13)15-21(4)47-35/h15-19,25-28,32-33,35-39,48,50H,2,14,20-23H2,1,3-13H3;20-24,27-28,30-33,35,42,44H,2,14-18H2,1,3-13H3/t25-,26-,27+,28+,32+,33-,35-,36+,37?,38-,39+,41-,42-,43?;20-,21-,22+,23+,24-,27+,28-,30+,31-,32?,33-,35+,36-,37-/m11/s1. The van der Waals surface area contributed by atoms with Crippen LogP contribution in [0.2, 0.25) is 4.31 Å². The van der Waals surface area contributed by atoms with Crippen LogP contribution < -0.4 is 4.46 Å². The molecule has 3 unspecified atom stereocenters. The Hall–Kier alpha value is -4.78. The number of hydrogen-bond donors (Lipinski definition) is 4. The molecule has 28 atom stereocenters. The van der Waals surface area contributed by atoms with Gasteiger partial charge in [-0.3, -0.25) is 14.4 Å². The van der Waals surface area contributed by atoms with Crippen molar-refractivity contribution in [2.75, 3.05) is 54.6 Å². The molecule has 0 aromatic heterocycles. The molecule has 4 N–H and O–H groups in total. The number of hydrogen-bond acceptors (Lipinski definition) is 24. The van der Waals surface area contributed by atoms with Gasteiger partial charge >= 0.3 is 358 Å². The number of likely N-dealkylation sites (N-methyl/N-ethyl adjacent to an activating group) is 2. The first-order chi connectivity index (χ1) is 49.7. The number of cyclic esters (lactones) is 2. The predicted molar refractivity (Wildman–Crippen MR) is 404 cm³/mol. The number of esters is 4. The Morgan fingerprint density at radius 3 is 1.36 bits per heavy atom. The van der Waals surface area contributed by atoms with E-state index in [2.05, 4.69) is 23.1 Å². The molecule has 0 spiro atoms. The SMILES string of the molecule is C=C1CO[C@@H]2[C@@H](C)C(=NC(C)=O)[C@H](C)C[C@@](C)(OC1)C(O[C@@H]1O[C@H](C)C[C@H](N(C)C)[C@H]1OC(C)=O)[C@@H](C)[C@H](O)C(C)([Se]c1ccccc1)C(=O)O[C@H](CC)[C@@]2(C)O.C=C1CO[C@@H]2[C@@H](C)C(=NC(C)=O)[C@H](C)C[C@@](C)(OC1)C(O[C@@H]1O[C@H](C)C[C@H](N(C)C)[C@H]1OC(C)=O)[C@@H](C)[C@H](O)[C@@H](C)C(=O)O[C@H](CC)[C@@]2(C)O. The third-order valence-corrected chi connectivity index (χ3v) is 25.3. The van der Waals surface area contributed by atoms with Crippen LogP contribution in [0.5, 0.6) is 0 Å². The molecule has 0 aliphatic carbocycles. The molecule has 107 heavy (non-hydrogen) atoms. The fourth-order valence-electron chi connectivity index (χ4n) is 16.9. The van der Waals surface area contributed by atoms with Crippen LogP contribution in [-0.2, 0) is 85.6 Å². The van der Waals surface area contributed by atoms with Gasteiger partial charge in [-0.05, 0) is 72.5 Å². The molecule has 7 rings (SSSR count). The minimum atomic E-state index is -1.78. The summed E-state index contributed by atoms with van der Waals surface area (Å²) in [5.74, 6) is -8.12. The van der Waals surface area contributed by atoms with Gasteiger partial charge in [0.1, 0.15) is 11.7 Å². The van der Waals surface area contributed by atoms with Gasteiger partial charge in [-0.2, -0.15) is 0 Å². The maximum absolute atomic E-state index is 14.9. The number of benzene rings is 1. The van der Waals surface area contributed by atoms with Gasteiger partial charge in [-0.1, -0.05) is 34.3 Å². The summed E-state index contributed by atoms with van der Waals surface area (Å²) in [6, 6.07) is 8.95. The second-order valence-corrected chi connectivity index (χ2v) is 35.7. The van der Waals surface area contributed by atoms with Crippen LogP contribution in [0.3, 0.4) is 0 Å². The molecule has 27 heteroatoms. The van der Waals surface area contributed by atoms with Crippen molar-refractivity contribution in [3.05, 3.63) is 54.6 Å². The Labute approximate surface area is 641 Å². The van der Waals surface area contributed by atoms with E-state index < -0.39 is 192 Å². The summed E-state index contributed by atoms with van der Waals surface area (Å²) in [6.07, 6.45) is -11.2. The van der Waals surface area contributed by atoms with E-state index in [1.807, 2.05) is 138 Å². The number of amides is 2. The third kappa shape index (κ3) is 22.1. The Balaban J connectivity index is 0.000000338. The summed E-state index contributed by atoms with van der Waals surface area (Å²) in [5.41, 5.74) is -3.97. The van der Waals surface area contributed by atoms with E-state index in [1.165, 1.54) is 27.7 Å². The number of aliphatic imine (C=N–C) groups is 2. The van der Waals surface area contributed by atoms with Gasteiger partial charge in [-0.25, -0.2) is 4.99 Å². The molecule has 1 aromatic rings. The van der Waals surface area contributed by atoms with E-state index in [0.29, 0.717) is 35.4 Å². The maximum atomic E-state index is 14.9. The molecular formula is C80H128N4O22Se. The Kier molecular flexibility index (Phi) is 32.5. The van der Waals surface area contributed by atoms with Gasteiger partial charge < -0.3 is 43.5 Å². The van der Waals surface area contributed by atoms with E-state index in [1.54, 1.807) is 41.5 Å². The number of aliphatic hydroxyl groups is 4. The van der Waals surface area contributed by atoms with Crippen molar-refractivity contribution < 1.29 is 106 Å². The average molecular weight is 1580 g/mol. The smallest absolute Gasteiger partial charge is 0.311 e. The van der Waals surface area contributed by atoms with E-state index >= 15 is 0 Å². The molecule has 26 nitrogen and oxygen atoms in total. The Bertz CT molecular complexity index is 3280. The molecule has 1 aromatic carbocycles. The van der Waals surface area contributed by atoms with E-state index in [0.717, 1.165) is 4.46 Å². The monoisotopic (exact) mass is 1580 g/mol. The van der Waals surface area contributed by atoms with Crippen LogP contribution in [0.25, 0.3) is 0 Å². The largest absolute Gasteiger partial charge is 0.459 e. The zero-order valence-corrected chi connectivity index (χ0v) is 69.7. The number of nitrogens with zero attached hydrogens (tertiary/aromatic N) is 4. The summed E-state index contributed by atoms with van der Waals surface area (Å²) >= 11 is -0.700. The fraction of sp³-hybridized carbons (Fsp3) is 0.775. The van der Waals surface area contributed by atoms with Gasteiger partial charge in [0.25, 0.3) is 0 Å². The van der Waals surface area contributed by atoms with Crippen molar-refractivity contribution in [3.8, 4) is 0 Å². The zero-order valence-electron chi connectivity index (χ0n) is 68.0. The van der Waals surface area contributed by atoms with Gasteiger partial charge in [0.2, 0.25) is 5.91 Å². The third-order valence-electron chi connectivity index (χ3n) is 22.5. The van der Waals surface area contributed by atoms with E-state index in [4.69, 9.17) is 56.8 Å². The first kappa shape index (κ1) is 91.1. The van der Waals surface area contributed by atoms with Crippen molar-refractivity contribution in [1.29, 1.82) is 0 Å². The number of aliphatic hydroxyl groups excluding tert-OH is 2. The quantitative estimate of drug-likeness (QED) is 0.0680. The van der Waals surface area contributed by atoms with Crippen LogP contribution in [0.1, 0.15) is 177 Å². The molecule has 6 aliphatic rings. The van der Waals surface area contributed by atoms with E-state index in [-0.39, 0.29) is 76.4 Å². The molecule has 4 bridgehead atoms. The molecule has 6 saturated heterocycles. The zero-order chi connectivity index (χ0) is 80.5. The van der Waals surface area contributed by atoms with Crippen molar-refractivity contribution in [3.63, 3.8) is 0 Å². The first-order valence-corrected chi connectivity index (χ1v) is 39.7. The summed E-state index contributed by atoms with van der Waals surface area (Å²) in [6.45, 7) is 42.6. The summed E-state index contributed by atoms with van der Waals surface area (Å²) in [7, 11) is 7.60. The average Bonchev–Trinajstić information content (AvgIpc) is 1.63. The number of rotatable bonds is 12. The van der Waals surface area contributed by atoms with Crippen molar-refractivity contribution >= 4 is 66.5 Å². The normalized spacial score (nSPS) is 42.0. The summed E-state index contributed by atoms with van der Waals surface area (Å²) in [5, 5.41) is 49.4. The van der Waals surface area contributed by atoms with Gasteiger partial charge in [0, 0.05) is 31.4 Å². The van der Waals surface area contributed by atoms with Gasteiger partial charge in [0.05, 0.1) is 55.2 Å². The number of carbonyl (C=O) groups excluding carboxylic acids is 6. The molecular weight excluding hydrogens is 1450 g/mol. The van der Waals surface area contributed by atoms with E-state index in [9.17, 15) is 49.2 Å². The second-order valence-electron chi connectivity index (χ2n) is 32.5. The van der Waals surface area contributed by atoms with Crippen LogP contribution in [0.15, 0.2) is 64.6 Å². The topological polar surface area (TPSA) is 325 Å². The van der Waals surface area contributed by atoms with Crippen molar-refractivity contribution in [2.24, 2.45) is 51.4 Å². The van der Waals surface area contributed by atoms with Crippen LogP contribution in [0.4, 0.5) is 0 Å². The summed E-state index contributed by atoms with van der Waals surface area (Å²) in [4.78, 5) is 92.1. The number of ether oxygens (including phenoxy) is 12. The predicted octanol–water partition coefficient (Wildman–Crippen LogP) is 7.51. The number of carbonyl (C=O) groups is 6. The number of fused-ring (bicyclic) bond motifs is 10. The maximum Gasteiger partial charge on any atom is 0.311 e. The molecule has 2 amide bonds. The van der Waals surface area contributed by atoms with Crippen molar-refractivity contribution in [1.82, 2.24) is 9.80 Å². The fourth-order valence-corrected chi connectivity index (χ4v) is 19.6. The van der Waals surface area contributed by atoms with Crippen LogP contribution in [-0.4, -0.2) is 267 Å².